The van der Waals surface area contributed by atoms with Gasteiger partial charge < -0.3 is 10.5 Å². The van der Waals surface area contributed by atoms with Crippen molar-refractivity contribution in [2.75, 3.05) is 6.54 Å². The first-order valence-electron chi connectivity index (χ1n) is 8.28. The molecule has 0 fully saturated rings. The molecule has 0 bridgehead atoms. The lowest BCUT2D eigenvalue weighted by molar-refractivity contribution is -0.137. The van der Waals surface area contributed by atoms with Crippen LogP contribution in [0.1, 0.15) is 29.3 Å². The fourth-order valence-corrected chi connectivity index (χ4v) is 4.22. The van der Waals surface area contributed by atoms with Gasteiger partial charge in [-0.2, -0.15) is 13.2 Å². The van der Waals surface area contributed by atoms with Crippen molar-refractivity contribution in [1.82, 2.24) is 0 Å². The minimum atomic E-state index is -4.44. The molecule has 138 valence electrons. The smallest absolute Gasteiger partial charge is 0.416 e. The number of hydrogen-bond acceptors (Lipinski definition) is 3. The Morgan fingerprint density at radius 2 is 1.85 bits per heavy atom. The molecule has 0 aliphatic heterocycles. The van der Waals surface area contributed by atoms with Crippen molar-refractivity contribution in [2.24, 2.45) is 5.73 Å². The van der Waals surface area contributed by atoms with Crippen molar-refractivity contribution in [3.63, 3.8) is 0 Å². The monoisotopic (exact) mass is 379 g/mol. The number of hydrogen-bond donors (Lipinski definition) is 1. The van der Waals surface area contributed by atoms with Crippen LogP contribution in [0.15, 0.2) is 47.8 Å². The summed E-state index contributed by atoms with van der Waals surface area (Å²) in [6.45, 7) is 4.21. The van der Waals surface area contributed by atoms with E-state index in [0.717, 1.165) is 22.6 Å². The van der Waals surface area contributed by atoms with Gasteiger partial charge >= 0.3 is 6.18 Å². The van der Waals surface area contributed by atoms with Crippen molar-refractivity contribution < 1.29 is 17.9 Å². The molecule has 6 heteroatoms. The Bertz CT molecular complexity index is 919. The van der Waals surface area contributed by atoms with E-state index in [4.69, 9.17) is 10.5 Å². The van der Waals surface area contributed by atoms with Gasteiger partial charge in [-0.25, -0.2) is 0 Å². The largest absolute Gasteiger partial charge is 0.481 e. The van der Waals surface area contributed by atoms with Gasteiger partial charge in [0, 0.05) is 11.8 Å². The van der Waals surface area contributed by atoms with Gasteiger partial charge in [-0.1, -0.05) is 24.3 Å². The van der Waals surface area contributed by atoms with Crippen LogP contribution < -0.4 is 10.5 Å². The van der Waals surface area contributed by atoms with Gasteiger partial charge in [0.15, 0.2) is 0 Å². The van der Waals surface area contributed by atoms with Crippen LogP contribution in [0.5, 0.6) is 5.75 Å². The average molecular weight is 379 g/mol. The van der Waals surface area contributed by atoms with Crippen molar-refractivity contribution in [3.8, 4) is 5.75 Å². The van der Waals surface area contributed by atoms with Crippen LogP contribution in [0, 0.1) is 6.92 Å². The molecule has 0 saturated carbocycles. The summed E-state index contributed by atoms with van der Waals surface area (Å²) >= 11 is 1.53. The molecular formula is C20H20F3NOS. The summed E-state index contributed by atoms with van der Waals surface area (Å²) < 4.78 is 46.3. The van der Waals surface area contributed by atoms with Crippen LogP contribution in [-0.2, 0) is 11.8 Å². The van der Waals surface area contributed by atoms with E-state index in [-0.39, 0.29) is 5.75 Å². The molecule has 1 atom stereocenters. The van der Waals surface area contributed by atoms with Crippen molar-refractivity contribution in [1.29, 1.82) is 0 Å². The van der Waals surface area contributed by atoms with Gasteiger partial charge in [-0.3, -0.25) is 0 Å². The number of aryl methyl sites for hydroxylation is 1. The molecule has 1 aromatic heterocycles. The average Bonchev–Trinajstić information content (AvgIpc) is 3.01. The van der Waals surface area contributed by atoms with Gasteiger partial charge in [0.05, 0.1) is 10.4 Å². The first kappa shape index (κ1) is 18.7. The second kappa shape index (κ2) is 6.93. The first-order chi connectivity index (χ1) is 12.2. The number of thiophene rings is 1. The maximum absolute atomic E-state index is 13.3. The summed E-state index contributed by atoms with van der Waals surface area (Å²) in [4.78, 5) is 0.976. The lowest BCUT2D eigenvalue weighted by atomic mass is 9.96. The highest BCUT2D eigenvalue weighted by atomic mass is 32.1. The molecule has 0 radical (unpaired) electrons. The standard InChI is InChI=1S/C20H20F3NOS/c1-13-7-10-26-18(13)19(2,8-9-24)25-17-12-15(20(21,22)23)11-14-5-3-4-6-16(14)17/h3-7,10-12H,8-9,24H2,1-2H3. The van der Waals surface area contributed by atoms with Crippen LogP contribution in [0.3, 0.4) is 0 Å². The van der Waals surface area contributed by atoms with Crippen LogP contribution >= 0.6 is 11.3 Å². The molecule has 0 aliphatic carbocycles. The van der Waals surface area contributed by atoms with Crippen molar-refractivity contribution in [2.45, 2.75) is 32.0 Å². The van der Waals surface area contributed by atoms with Gasteiger partial charge in [0.2, 0.25) is 0 Å². The van der Waals surface area contributed by atoms with Crippen LogP contribution in [0.4, 0.5) is 13.2 Å². The van der Waals surface area contributed by atoms with Gasteiger partial charge in [0.1, 0.15) is 11.4 Å². The predicted molar refractivity (Wildman–Crippen MR) is 99.7 cm³/mol. The molecule has 0 saturated heterocycles. The molecule has 2 N–H and O–H groups in total. The third kappa shape index (κ3) is 3.57. The molecule has 1 unspecified atom stereocenters. The van der Waals surface area contributed by atoms with Crippen molar-refractivity contribution in [3.05, 3.63) is 63.8 Å². The second-order valence-electron chi connectivity index (χ2n) is 6.50. The summed E-state index contributed by atoms with van der Waals surface area (Å²) in [7, 11) is 0. The molecule has 1 heterocycles. The maximum atomic E-state index is 13.3. The van der Waals surface area contributed by atoms with Gasteiger partial charge in [-0.15, -0.1) is 11.3 Å². The normalized spacial score (nSPS) is 14.4. The summed E-state index contributed by atoms with van der Waals surface area (Å²) in [6.07, 6.45) is -3.94. The molecule has 0 amide bonds. The number of fused-ring (bicyclic) bond motifs is 1. The molecule has 2 nitrogen and oxygen atoms in total. The highest BCUT2D eigenvalue weighted by molar-refractivity contribution is 7.10. The quantitative estimate of drug-likeness (QED) is 0.601. The van der Waals surface area contributed by atoms with E-state index >= 15 is 0 Å². The van der Waals surface area contributed by atoms with Crippen LogP contribution in [-0.4, -0.2) is 6.54 Å². The predicted octanol–water partition coefficient (Wildman–Crippen LogP) is 5.87. The third-order valence-corrected chi connectivity index (χ3v) is 5.71. The Labute approximate surface area is 154 Å². The highest BCUT2D eigenvalue weighted by Crippen LogP contribution is 2.41. The zero-order valence-corrected chi connectivity index (χ0v) is 15.4. The highest BCUT2D eigenvalue weighted by Gasteiger charge is 2.35. The van der Waals surface area contributed by atoms with E-state index in [9.17, 15) is 13.2 Å². The Hall–Kier alpha value is -2.05. The van der Waals surface area contributed by atoms with Crippen LogP contribution in [0.2, 0.25) is 0 Å². The molecule has 2 aromatic carbocycles. The summed E-state index contributed by atoms with van der Waals surface area (Å²) in [5, 5.41) is 3.10. The molecule has 3 aromatic rings. The zero-order valence-electron chi connectivity index (χ0n) is 14.6. The SMILES string of the molecule is Cc1ccsc1C(C)(CCN)Oc1cc(C(F)(F)F)cc2ccccc12. The van der Waals surface area contributed by atoms with E-state index < -0.39 is 17.3 Å². The van der Waals surface area contributed by atoms with E-state index in [1.165, 1.54) is 11.3 Å². The van der Waals surface area contributed by atoms with E-state index in [0.29, 0.717) is 23.7 Å². The Morgan fingerprint density at radius 3 is 2.46 bits per heavy atom. The number of alkyl halides is 3. The molecule has 0 aliphatic rings. The number of ether oxygens (including phenoxy) is 1. The number of benzene rings is 2. The minimum Gasteiger partial charge on any atom is -0.481 e. The van der Waals surface area contributed by atoms with Crippen LogP contribution in [0.25, 0.3) is 10.8 Å². The second-order valence-corrected chi connectivity index (χ2v) is 7.41. The topological polar surface area (TPSA) is 35.2 Å². The molecular weight excluding hydrogens is 359 g/mol. The molecule has 26 heavy (non-hydrogen) atoms. The lowest BCUT2D eigenvalue weighted by Crippen LogP contribution is -2.32. The lowest BCUT2D eigenvalue weighted by Gasteiger charge is -2.31. The van der Waals surface area contributed by atoms with Gasteiger partial charge in [-0.05, 0) is 54.9 Å². The summed E-state index contributed by atoms with van der Waals surface area (Å²) in [5.41, 5.74) is 5.31. The van der Waals surface area contributed by atoms with E-state index in [2.05, 4.69) is 0 Å². The fourth-order valence-electron chi connectivity index (χ4n) is 3.17. The maximum Gasteiger partial charge on any atom is 0.416 e. The van der Waals surface area contributed by atoms with Crippen molar-refractivity contribution >= 4 is 22.1 Å². The summed E-state index contributed by atoms with van der Waals surface area (Å²) in [6, 6.07) is 11.2. The fraction of sp³-hybridized carbons (Fsp3) is 0.300. The third-order valence-electron chi connectivity index (χ3n) is 4.45. The first-order valence-corrected chi connectivity index (χ1v) is 9.16. The molecule has 3 rings (SSSR count). The zero-order chi connectivity index (χ0) is 18.9. The van der Waals surface area contributed by atoms with Gasteiger partial charge in [0.25, 0.3) is 0 Å². The molecule has 0 spiro atoms. The number of halogens is 3. The minimum absolute atomic E-state index is 0.221. The Kier molecular flexibility index (Phi) is 4.99. The van der Waals surface area contributed by atoms with E-state index in [1.807, 2.05) is 25.3 Å². The number of nitrogens with two attached hydrogens (primary N) is 1. The summed E-state index contributed by atoms with van der Waals surface area (Å²) in [5.74, 6) is 0.221. The number of rotatable bonds is 5. The Balaban J connectivity index is 2.15. The van der Waals surface area contributed by atoms with E-state index in [1.54, 1.807) is 24.3 Å². The Morgan fingerprint density at radius 1 is 1.12 bits per heavy atom.